The van der Waals surface area contributed by atoms with Crippen LogP contribution >= 0.6 is 0 Å². The summed E-state index contributed by atoms with van der Waals surface area (Å²) in [6.07, 6.45) is 4.99. The zero-order valence-electron chi connectivity index (χ0n) is 13.3. The molecule has 3 rings (SSSR count). The maximum atomic E-state index is 10.3. The molecular weight excluding hydrogens is 310 g/mol. The van der Waals surface area contributed by atoms with E-state index in [1.807, 2.05) is 24.5 Å². The largest absolute Gasteiger partial charge is 1.00 e. The molecule has 1 heterocycles. The van der Waals surface area contributed by atoms with E-state index in [1.54, 1.807) is 13.2 Å². The summed E-state index contributed by atoms with van der Waals surface area (Å²) in [5, 5.41) is 12.1. The molecule has 0 spiro atoms. The summed E-state index contributed by atoms with van der Waals surface area (Å²) in [6.45, 7) is 3.01. The van der Waals surface area contributed by atoms with Gasteiger partial charge in [-0.1, -0.05) is 24.3 Å². The molecule has 0 unspecified atom stereocenters. The average Bonchev–Trinajstić information content (AvgIpc) is 2.55. The van der Waals surface area contributed by atoms with Crippen LogP contribution in [0.2, 0.25) is 0 Å². The topological polar surface area (TPSA) is 33.3 Å². The van der Waals surface area contributed by atoms with E-state index in [-0.39, 0.29) is 18.2 Å². The highest BCUT2D eigenvalue weighted by Gasteiger charge is 2.11. The van der Waals surface area contributed by atoms with Crippen LogP contribution in [-0.4, -0.2) is 12.2 Å². The van der Waals surface area contributed by atoms with Crippen LogP contribution in [0.15, 0.2) is 54.9 Å². The maximum absolute atomic E-state index is 10.3. The molecule has 4 heteroatoms. The number of rotatable bonds is 4. The Morgan fingerprint density at radius 3 is 2.61 bits per heavy atom. The van der Waals surface area contributed by atoms with E-state index in [9.17, 15) is 5.11 Å². The first kappa shape index (κ1) is 17.1. The lowest BCUT2D eigenvalue weighted by Gasteiger charge is -2.06. The second kappa shape index (κ2) is 7.34. The van der Waals surface area contributed by atoms with Gasteiger partial charge in [0, 0.05) is 12.5 Å². The van der Waals surface area contributed by atoms with E-state index in [2.05, 4.69) is 35.8 Å². The Bertz CT molecular complexity index is 818. The number of phenols is 1. The standard InChI is InChI=1S/C19H19NO2.ClH/c1-14-5-3-4-6-15(14)9-11-20-12-10-16-7-8-18(22-2)19(21)17(16)13-20;/h3-8,10,12-13H,9,11H2,1-2H3;1H. The Labute approximate surface area is 142 Å². The van der Waals surface area contributed by atoms with Crippen molar-refractivity contribution >= 4 is 10.8 Å². The van der Waals surface area contributed by atoms with Gasteiger partial charge in [0.1, 0.15) is 0 Å². The molecule has 23 heavy (non-hydrogen) atoms. The van der Waals surface area contributed by atoms with Gasteiger partial charge < -0.3 is 22.3 Å². The van der Waals surface area contributed by atoms with E-state index in [4.69, 9.17) is 4.74 Å². The van der Waals surface area contributed by atoms with Crippen LogP contribution in [0, 0.1) is 6.92 Å². The molecule has 0 amide bonds. The number of pyridine rings is 1. The van der Waals surface area contributed by atoms with E-state index >= 15 is 0 Å². The second-order valence-electron chi connectivity index (χ2n) is 5.48. The van der Waals surface area contributed by atoms with Gasteiger partial charge in [0.2, 0.25) is 0 Å². The lowest BCUT2D eigenvalue weighted by atomic mass is 10.1. The van der Waals surface area contributed by atoms with Crippen molar-refractivity contribution in [2.45, 2.75) is 19.9 Å². The molecule has 1 N–H and O–H groups in total. The Hall–Kier alpha value is -2.26. The second-order valence-corrected chi connectivity index (χ2v) is 5.48. The van der Waals surface area contributed by atoms with Crippen LogP contribution in [0.3, 0.4) is 0 Å². The number of halogens is 1. The minimum Gasteiger partial charge on any atom is -1.00 e. The fourth-order valence-corrected chi connectivity index (χ4v) is 2.71. The number of aromatic nitrogens is 1. The lowest BCUT2D eigenvalue weighted by Crippen LogP contribution is -3.00. The van der Waals surface area contributed by atoms with Gasteiger partial charge in [-0.15, -0.1) is 0 Å². The summed E-state index contributed by atoms with van der Waals surface area (Å²) in [5.74, 6) is 0.703. The normalized spacial score (nSPS) is 10.3. The minimum absolute atomic E-state index is 0. The Morgan fingerprint density at radius 1 is 1.09 bits per heavy atom. The van der Waals surface area contributed by atoms with Gasteiger partial charge >= 0.3 is 0 Å². The third-order valence-corrected chi connectivity index (χ3v) is 4.07. The number of hydrogen-bond acceptors (Lipinski definition) is 2. The molecule has 0 fully saturated rings. The molecule has 120 valence electrons. The smallest absolute Gasteiger partial charge is 0.180 e. The summed E-state index contributed by atoms with van der Waals surface area (Å²) < 4.78 is 7.28. The fraction of sp³-hybridized carbons (Fsp3) is 0.211. The van der Waals surface area contributed by atoms with E-state index < -0.39 is 0 Å². The zero-order chi connectivity index (χ0) is 15.5. The van der Waals surface area contributed by atoms with Crippen molar-refractivity contribution in [2.75, 3.05) is 7.11 Å². The highest BCUT2D eigenvalue weighted by atomic mass is 35.5. The van der Waals surface area contributed by atoms with E-state index in [1.165, 1.54) is 11.1 Å². The summed E-state index contributed by atoms with van der Waals surface area (Å²) in [4.78, 5) is 0. The average molecular weight is 330 g/mol. The number of hydrogen-bond donors (Lipinski definition) is 1. The summed E-state index contributed by atoms with van der Waals surface area (Å²) in [5.41, 5.74) is 2.67. The molecule has 3 aromatic rings. The van der Waals surface area contributed by atoms with Crippen LogP contribution in [0.4, 0.5) is 0 Å². The molecule has 3 nitrogen and oxygen atoms in total. The third-order valence-electron chi connectivity index (χ3n) is 4.07. The summed E-state index contributed by atoms with van der Waals surface area (Å²) >= 11 is 0. The zero-order valence-corrected chi connectivity index (χ0v) is 14.0. The quantitative estimate of drug-likeness (QED) is 0.703. The number of aryl methyl sites for hydroxylation is 3. The van der Waals surface area contributed by atoms with Crippen molar-refractivity contribution in [1.29, 1.82) is 0 Å². The maximum Gasteiger partial charge on any atom is 0.180 e. The molecule has 0 bridgehead atoms. The van der Waals surface area contributed by atoms with Gasteiger partial charge in [0.15, 0.2) is 30.4 Å². The molecule has 0 saturated heterocycles. The first-order chi connectivity index (χ1) is 10.7. The predicted molar refractivity (Wildman–Crippen MR) is 87.2 cm³/mol. The third kappa shape index (κ3) is 3.57. The van der Waals surface area contributed by atoms with Gasteiger partial charge in [0.25, 0.3) is 0 Å². The fourth-order valence-electron chi connectivity index (χ4n) is 2.71. The highest BCUT2D eigenvalue weighted by Crippen LogP contribution is 2.33. The van der Waals surface area contributed by atoms with Crippen molar-refractivity contribution in [3.8, 4) is 11.5 Å². The number of fused-ring (bicyclic) bond motifs is 1. The van der Waals surface area contributed by atoms with Gasteiger partial charge in [-0.05, 0) is 35.6 Å². The van der Waals surface area contributed by atoms with Crippen molar-refractivity contribution in [2.24, 2.45) is 0 Å². The van der Waals surface area contributed by atoms with E-state index in [0.29, 0.717) is 5.75 Å². The van der Waals surface area contributed by atoms with Gasteiger partial charge in [-0.3, -0.25) is 0 Å². The molecule has 0 aliphatic heterocycles. The van der Waals surface area contributed by atoms with Gasteiger partial charge in [0.05, 0.1) is 12.5 Å². The summed E-state index contributed by atoms with van der Waals surface area (Å²) in [6, 6.07) is 14.2. The molecule has 0 aliphatic carbocycles. The first-order valence-corrected chi connectivity index (χ1v) is 7.42. The molecule has 0 radical (unpaired) electrons. The predicted octanol–water partition coefficient (Wildman–Crippen LogP) is 0.397. The molecule has 0 atom stereocenters. The van der Waals surface area contributed by atoms with Crippen LogP contribution in [0.1, 0.15) is 11.1 Å². The molecule has 0 saturated carbocycles. The SMILES string of the molecule is COc1ccc2cc[n+](CCc3ccccc3C)cc2c1O.[Cl-]. The van der Waals surface area contributed by atoms with Crippen LogP contribution in [-0.2, 0) is 13.0 Å². The number of benzene rings is 2. The number of ether oxygens (including phenoxy) is 1. The highest BCUT2D eigenvalue weighted by molar-refractivity contribution is 5.88. The number of nitrogens with zero attached hydrogens (tertiary/aromatic N) is 1. The Balaban J connectivity index is 0.00000192. The number of phenolic OH excluding ortho intramolecular Hbond substituents is 1. The van der Waals surface area contributed by atoms with Gasteiger partial charge in [-0.2, -0.15) is 0 Å². The van der Waals surface area contributed by atoms with Crippen LogP contribution < -0.4 is 21.7 Å². The van der Waals surface area contributed by atoms with Crippen LogP contribution in [0.5, 0.6) is 11.5 Å². The number of aromatic hydroxyl groups is 1. The van der Waals surface area contributed by atoms with E-state index in [0.717, 1.165) is 23.7 Å². The van der Waals surface area contributed by atoms with Gasteiger partial charge in [-0.25, -0.2) is 4.57 Å². The van der Waals surface area contributed by atoms with Crippen molar-refractivity contribution in [3.63, 3.8) is 0 Å². The summed E-state index contributed by atoms with van der Waals surface area (Å²) in [7, 11) is 1.57. The first-order valence-electron chi connectivity index (χ1n) is 7.42. The molecule has 2 aromatic carbocycles. The number of methoxy groups -OCH3 is 1. The molecular formula is C19H20ClNO2. The Kier molecular flexibility index (Phi) is 5.45. The lowest BCUT2D eigenvalue weighted by molar-refractivity contribution is -0.695. The van der Waals surface area contributed by atoms with Crippen molar-refractivity contribution < 1.29 is 26.8 Å². The Morgan fingerprint density at radius 2 is 1.87 bits per heavy atom. The van der Waals surface area contributed by atoms with Crippen molar-refractivity contribution in [1.82, 2.24) is 0 Å². The molecule has 1 aromatic heterocycles. The molecule has 0 aliphatic rings. The van der Waals surface area contributed by atoms with Crippen LogP contribution in [0.25, 0.3) is 10.8 Å². The van der Waals surface area contributed by atoms with Crippen molar-refractivity contribution in [3.05, 3.63) is 66.0 Å². The monoisotopic (exact) mass is 329 g/mol. The minimum atomic E-state index is 0.